The molecule has 2 aliphatic rings. The van der Waals surface area contributed by atoms with Crippen LogP contribution in [0.1, 0.15) is 12.0 Å². The molecule has 2 aromatic heterocycles. The minimum Gasteiger partial charge on any atom is -0.322 e. The molecule has 188 valence electrons. The van der Waals surface area contributed by atoms with Gasteiger partial charge >= 0.3 is 11.7 Å². The van der Waals surface area contributed by atoms with Crippen LogP contribution in [-0.4, -0.2) is 75.1 Å². The van der Waals surface area contributed by atoms with Gasteiger partial charge in [0.15, 0.2) is 0 Å². The molecule has 4 heterocycles. The molecular weight excluding hydrogens is 462 g/mol. The van der Waals surface area contributed by atoms with Crippen molar-refractivity contribution in [2.45, 2.75) is 12.8 Å². The number of piperazine rings is 1. The van der Waals surface area contributed by atoms with Gasteiger partial charge in [-0.2, -0.15) is 0 Å². The van der Waals surface area contributed by atoms with E-state index in [1.54, 1.807) is 11.9 Å². The van der Waals surface area contributed by atoms with E-state index < -0.39 is 11.2 Å². The van der Waals surface area contributed by atoms with E-state index in [2.05, 4.69) is 21.3 Å². The van der Waals surface area contributed by atoms with E-state index in [0.29, 0.717) is 38.4 Å². The maximum absolute atomic E-state index is 13.0. The van der Waals surface area contributed by atoms with Crippen molar-refractivity contribution in [1.82, 2.24) is 23.9 Å². The number of aryl methyl sites for hydroxylation is 2. The van der Waals surface area contributed by atoms with Gasteiger partial charge in [0.2, 0.25) is 5.91 Å². The summed E-state index contributed by atoms with van der Waals surface area (Å²) in [6.45, 7) is 3.19. The number of fused-ring (bicyclic) bond motifs is 2. The summed E-state index contributed by atoms with van der Waals surface area (Å²) in [5.41, 5.74) is 1.93. The number of carbonyl (C=O) groups is 2. The third kappa shape index (κ3) is 4.37. The van der Waals surface area contributed by atoms with Crippen molar-refractivity contribution in [1.29, 1.82) is 0 Å². The Labute approximate surface area is 207 Å². The third-order valence-electron chi connectivity index (χ3n) is 6.97. The quantitative estimate of drug-likeness (QED) is 0.579. The van der Waals surface area contributed by atoms with Crippen molar-refractivity contribution >= 4 is 34.3 Å². The maximum atomic E-state index is 13.0. The molecule has 1 saturated heterocycles. The van der Waals surface area contributed by atoms with Crippen LogP contribution in [0.3, 0.4) is 0 Å². The fourth-order valence-electron chi connectivity index (χ4n) is 4.91. The van der Waals surface area contributed by atoms with Crippen LogP contribution in [-0.2, 0) is 25.3 Å². The number of nitrogens with one attached hydrogen (secondary N) is 1. The molecule has 0 saturated carbocycles. The van der Waals surface area contributed by atoms with Gasteiger partial charge in [0.1, 0.15) is 5.65 Å². The molecule has 5 rings (SSSR count). The Balaban J connectivity index is 1.19. The molecule has 0 bridgehead atoms. The van der Waals surface area contributed by atoms with Crippen molar-refractivity contribution in [3.05, 3.63) is 62.9 Å². The van der Waals surface area contributed by atoms with Gasteiger partial charge in [-0.15, -0.1) is 0 Å². The largest absolute Gasteiger partial charge is 0.332 e. The molecule has 0 spiro atoms. The molecule has 1 fully saturated rings. The van der Waals surface area contributed by atoms with E-state index in [9.17, 15) is 19.2 Å². The number of hydrogen-bond acceptors (Lipinski definition) is 6. The topological polar surface area (TPSA) is 113 Å². The Hall–Kier alpha value is -3.99. The highest BCUT2D eigenvalue weighted by molar-refractivity contribution is 5.96. The number of amides is 3. The number of hydrogen-bond donors (Lipinski definition) is 1. The number of benzene rings is 1. The van der Waals surface area contributed by atoms with Gasteiger partial charge in [0, 0.05) is 52.5 Å². The molecule has 2 aliphatic heterocycles. The standard InChI is InChI=1S/C25H29N7O4/c1-28-22-19(23(34)29(2)25(28)36)14-18(15-26-22)27-24(35)31-12-10-30(11-13-31)16-21(33)32-9-5-7-17-6-3-4-8-20(17)32/h3-4,6,8,14-15H,5,7,9-13,16H2,1-2H3,(H,27,35). The second kappa shape index (κ2) is 9.57. The third-order valence-corrected chi connectivity index (χ3v) is 6.97. The van der Waals surface area contributed by atoms with E-state index in [1.807, 2.05) is 23.1 Å². The van der Waals surface area contributed by atoms with E-state index in [0.717, 1.165) is 29.6 Å². The second-order valence-corrected chi connectivity index (χ2v) is 9.27. The summed E-state index contributed by atoms with van der Waals surface area (Å²) < 4.78 is 2.31. The number of pyridine rings is 1. The van der Waals surface area contributed by atoms with Crippen molar-refractivity contribution in [2.24, 2.45) is 14.1 Å². The zero-order chi connectivity index (χ0) is 25.4. The number of para-hydroxylation sites is 1. The SMILES string of the molecule is Cn1c(=O)c2cc(NC(=O)N3CCN(CC(=O)N4CCCc5ccccc54)CC3)cnc2n(C)c1=O. The highest BCUT2D eigenvalue weighted by Crippen LogP contribution is 2.26. The van der Waals surface area contributed by atoms with Crippen LogP contribution in [0.25, 0.3) is 11.0 Å². The van der Waals surface area contributed by atoms with Crippen molar-refractivity contribution < 1.29 is 9.59 Å². The first-order valence-corrected chi connectivity index (χ1v) is 12.1. The lowest BCUT2D eigenvalue weighted by molar-refractivity contribution is -0.120. The van der Waals surface area contributed by atoms with Crippen molar-refractivity contribution in [3.63, 3.8) is 0 Å². The summed E-state index contributed by atoms with van der Waals surface area (Å²) in [7, 11) is 2.95. The molecule has 36 heavy (non-hydrogen) atoms. The summed E-state index contributed by atoms with van der Waals surface area (Å²) in [5, 5.41) is 3.05. The Morgan fingerprint density at radius 1 is 1.00 bits per heavy atom. The number of urea groups is 1. The van der Waals surface area contributed by atoms with Crippen molar-refractivity contribution in [3.8, 4) is 0 Å². The Bertz CT molecular complexity index is 1450. The molecule has 0 radical (unpaired) electrons. The van der Waals surface area contributed by atoms with E-state index in [1.165, 1.54) is 29.4 Å². The number of aromatic nitrogens is 3. The van der Waals surface area contributed by atoms with Gasteiger partial charge in [-0.05, 0) is 30.5 Å². The van der Waals surface area contributed by atoms with Crippen LogP contribution in [0.15, 0.2) is 46.1 Å². The lowest BCUT2D eigenvalue weighted by atomic mass is 10.0. The average molecular weight is 492 g/mol. The first-order chi connectivity index (χ1) is 17.3. The predicted molar refractivity (Wildman–Crippen MR) is 136 cm³/mol. The van der Waals surface area contributed by atoms with Gasteiger partial charge < -0.3 is 15.1 Å². The summed E-state index contributed by atoms with van der Waals surface area (Å²) in [5.74, 6) is 0.0817. The Morgan fingerprint density at radius 3 is 2.53 bits per heavy atom. The van der Waals surface area contributed by atoms with Gasteiger partial charge in [0.05, 0.1) is 23.8 Å². The van der Waals surface area contributed by atoms with Crippen molar-refractivity contribution in [2.75, 3.05) is 49.5 Å². The molecule has 3 amide bonds. The fraction of sp³-hybridized carbons (Fsp3) is 0.400. The van der Waals surface area contributed by atoms with E-state index in [4.69, 9.17) is 0 Å². The highest BCUT2D eigenvalue weighted by Gasteiger charge is 2.27. The first kappa shape index (κ1) is 23.7. The Kier molecular flexibility index (Phi) is 6.31. The molecule has 1 aromatic carbocycles. The minimum atomic E-state index is -0.466. The first-order valence-electron chi connectivity index (χ1n) is 12.1. The average Bonchev–Trinajstić information content (AvgIpc) is 2.90. The lowest BCUT2D eigenvalue weighted by Gasteiger charge is -2.36. The predicted octanol–water partition coefficient (Wildman–Crippen LogP) is 0.761. The summed E-state index contributed by atoms with van der Waals surface area (Å²) in [6.07, 6.45) is 3.39. The minimum absolute atomic E-state index is 0.0817. The van der Waals surface area contributed by atoms with Gasteiger partial charge in [-0.3, -0.25) is 23.6 Å². The number of anilines is 2. The van der Waals surface area contributed by atoms with Gasteiger partial charge in [-0.25, -0.2) is 14.6 Å². The van der Waals surface area contributed by atoms with Crippen LogP contribution in [0.4, 0.5) is 16.2 Å². The van der Waals surface area contributed by atoms with Gasteiger partial charge in [-0.1, -0.05) is 18.2 Å². The molecule has 3 aromatic rings. The monoisotopic (exact) mass is 491 g/mol. The zero-order valence-corrected chi connectivity index (χ0v) is 20.4. The van der Waals surface area contributed by atoms with Crippen LogP contribution >= 0.6 is 0 Å². The molecular formula is C25H29N7O4. The van der Waals surface area contributed by atoms with Crippen LogP contribution in [0.2, 0.25) is 0 Å². The fourth-order valence-corrected chi connectivity index (χ4v) is 4.91. The number of rotatable bonds is 3. The summed E-state index contributed by atoms with van der Waals surface area (Å²) in [4.78, 5) is 60.3. The molecule has 1 N–H and O–H groups in total. The zero-order valence-electron chi connectivity index (χ0n) is 20.4. The normalized spacial score (nSPS) is 16.2. The lowest BCUT2D eigenvalue weighted by Crippen LogP contribution is -2.52. The van der Waals surface area contributed by atoms with Gasteiger partial charge in [0.25, 0.3) is 5.56 Å². The van der Waals surface area contributed by atoms with Crippen LogP contribution in [0.5, 0.6) is 0 Å². The van der Waals surface area contributed by atoms with Crippen LogP contribution in [0, 0.1) is 0 Å². The number of carbonyl (C=O) groups excluding carboxylic acids is 2. The Morgan fingerprint density at radius 2 is 1.75 bits per heavy atom. The maximum Gasteiger partial charge on any atom is 0.332 e. The molecule has 0 aliphatic carbocycles. The summed E-state index contributed by atoms with van der Waals surface area (Å²) >= 11 is 0. The van der Waals surface area contributed by atoms with Crippen LogP contribution < -0.4 is 21.5 Å². The van der Waals surface area contributed by atoms with E-state index in [-0.39, 0.29) is 23.0 Å². The second-order valence-electron chi connectivity index (χ2n) is 9.27. The number of nitrogens with zero attached hydrogens (tertiary/aromatic N) is 6. The molecule has 11 nitrogen and oxygen atoms in total. The molecule has 11 heteroatoms. The highest BCUT2D eigenvalue weighted by atomic mass is 16.2. The summed E-state index contributed by atoms with van der Waals surface area (Å²) in [6, 6.07) is 9.29. The smallest absolute Gasteiger partial charge is 0.322 e. The molecule has 0 atom stereocenters. The molecule has 0 unspecified atom stereocenters. The van der Waals surface area contributed by atoms with E-state index >= 15 is 0 Å².